The highest BCUT2D eigenvalue weighted by molar-refractivity contribution is 5.91. The van der Waals surface area contributed by atoms with Crippen LogP contribution in [0.1, 0.15) is 16.3 Å². The molecule has 2 aromatic heterocycles. The average Bonchev–Trinajstić information content (AvgIpc) is 2.92. The number of hydrogen-bond acceptors (Lipinski definition) is 6. The van der Waals surface area contributed by atoms with Crippen molar-refractivity contribution in [3.63, 3.8) is 0 Å². The summed E-state index contributed by atoms with van der Waals surface area (Å²) in [5.74, 6) is 1.09. The van der Waals surface area contributed by atoms with Crippen LogP contribution in [-0.4, -0.2) is 44.6 Å². The molecule has 94 valence electrons. The van der Waals surface area contributed by atoms with Crippen molar-refractivity contribution in [3.05, 3.63) is 30.2 Å². The van der Waals surface area contributed by atoms with Crippen LogP contribution in [0.15, 0.2) is 18.7 Å². The van der Waals surface area contributed by atoms with E-state index in [4.69, 9.17) is 0 Å². The maximum absolute atomic E-state index is 11.7. The van der Waals surface area contributed by atoms with E-state index in [1.165, 1.54) is 18.7 Å². The van der Waals surface area contributed by atoms with Gasteiger partial charge in [-0.25, -0.2) is 15.0 Å². The monoisotopic (exact) mass is 247 g/mol. The average molecular weight is 247 g/mol. The number of hydrogen-bond donors (Lipinski definition) is 3. The summed E-state index contributed by atoms with van der Waals surface area (Å²) >= 11 is 0. The summed E-state index contributed by atoms with van der Waals surface area (Å²) in [7, 11) is 1.74. The Balaban J connectivity index is 1.83. The largest absolute Gasteiger partial charge is 0.372 e. The first-order valence-corrected chi connectivity index (χ1v) is 5.42. The van der Waals surface area contributed by atoms with Gasteiger partial charge < -0.3 is 10.6 Å². The smallest absolute Gasteiger partial charge is 0.271 e. The van der Waals surface area contributed by atoms with E-state index in [-0.39, 0.29) is 11.6 Å². The van der Waals surface area contributed by atoms with Crippen LogP contribution >= 0.6 is 0 Å². The Morgan fingerprint density at radius 1 is 1.33 bits per heavy atom. The van der Waals surface area contributed by atoms with Crippen LogP contribution in [0, 0.1) is 0 Å². The zero-order valence-corrected chi connectivity index (χ0v) is 9.84. The van der Waals surface area contributed by atoms with Gasteiger partial charge in [-0.2, -0.15) is 5.10 Å². The Hall–Kier alpha value is -2.51. The quantitative estimate of drug-likeness (QED) is 0.664. The molecule has 1 amide bonds. The minimum Gasteiger partial charge on any atom is -0.372 e. The first-order valence-electron chi connectivity index (χ1n) is 5.42. The number of nitrogens with zero attached hydrogens (tertiary/aromatic N) is 4. The van der Waals surface area contributed by atoms with Crippen molar-refractivity contribution in [1.82, 2.24) is 30.5 Å². The molecule has 0 atom stereocenters. The number of rotatable bonds is 5. The van der Waals surface area contributed by atoms with Crippen LogP contribution in [0.2, 0.25) is 0 Å². The van der Waals surface area contributed by atoms with Crippen LogP contribution < -0.4 is 10.6 Å². The van der Waals surface area contributed by atoms with Crippen molar-refractivity contribution < 1.29 is 4.79 Å². The minimum absolute atomic E-state index is 0.260. The molecule has 0 aliphatic heterocycles. The van der Waals surface area contributed by atoms with E-state index < -0.39 is 0 Å². The van der Waals surface area contributed by atoms with Crippen molar-refractivity contribution in [1.29, 1.82) is 0 Å². The van der Waals surface area contributed by atoms with Crippen molar-refractivity contribution in [2.75, 3.05) is 18.9 Å². The molecule has 8 nitrogen and oxygen atoms in total. The van der Waals surface area contributed by atoms with Gasteiger partial charge in [0.15, 0.2) is 0 Å². The van der Waals surface area contributed by atoms with Gasteiger partial charge in [0.25, 0.3) is 5.91 Å². The number of anilines is 1. The van der Waals surface area contributed by atoms with Gasteiger partial charge in [-0.3, -0.25) is 9.89 Å². The molecular formula is C10H13N7O. The van der Waals surface area contributed by atoms with Crippen molar-refractivity contribution >= 4 is 11.7 Å². The fourth-order valence-electron chi connectivity index (χ4n) is 1.31. The molecule has 0 saturated heterocycles. The van der Waals surface area contributed by atoms with Gasteiger partial charge in [-0.1, -0.05) is 0 Å². The highest BCUT2D eigenvalue weighted by Gasteiger charge is 2.07. The van der Waals surface area contributed by atoms with Gasteiger partial charge in [-0.05, 0) is 0 Å². The third-order valence-corrected chi connectivity index (χ3v) is 2.25. The zero-order valence-electron chi connectivity index (χ0n) is 9.84. The third kappa shape index (κ3) is 3.00. The molecule has 2 aromatic rings. The highest BCUT2D eigenvalue weighted by atomic mass is 16.1. The predicted octanol–water partition coefficient (Wildman–Crippen LogP) is -0.391. The van der Waals surface area contributed by atoms with E-state index in [0.717, 1.165) is 5.82 Å². The van der Waals surface area contributed by atoms with E-state index in [1.807, 2.05) is 0 Å². The van der Waals surface area contributed by atoms with Crippen LogP contribution in [0.25, 0.3) is 0 Å². The maximum atomic E-state index is 11.7. The minimum atomic E-state index is -0.260. The molecule has 0 aliphatic rings. The van der Waals surface area contributed by atoms with Crippen LogP contribution in [-0.2, 0) is 6.42 Å². The summed E-state index contributed by atoms with van der Waals surface area (Å²) < 4.78 is 0. The van der Waals surface area contributed by atoms with Crippen LogP contribution in [0.3, 0.4) is 0 Å². The number of carbonyl (C=O) groups excluding carboxylic acids is 1. The van der Waals surface area contributed by atoms with Crippen LogP contribution in [0.4, 0.5) is 5.82 Å². The lowest BCUT2D eigenvalue weighted by Crippen LogP contribution is -2.27. The Morgan fingerprint density at radius 2 is 2.22 bits per heavy atom. The van der Waals surface area contributed by atoms with Gasteiger partial charge in [0, 0.05) is 20.0 Å². The first kappa shape index (κ1) is 12.0. The SMILES string of the molecule is CNc1cnc(C(=O)NCCc2ncn[nH]2)cn1. The van der Waals surface area contributed by atoms with Crippen molar-refractivity contribution in [2.24, 2.45) is 0 Å². The van der Waals surface area contributed by atoms with Gasteiger partial charge in [0.05, 0.1) is 12.4 Å². The number of amides is 1. The molecule has 0 aromatic carbocycles. The lowest BCUT2D eigenvalue weighted by molar-refractivity contribution is 0.0948. The maximum Gasteiger partial charge on any atom is 0.271 e. The summed E-state index contributed by atoms with van der Waals surface area (Å²) in [5, 5.41) is 12.0. The van der Waals surface area contributed by atoms with E-state index in [0.29, 0.717) is 18.8 Å². The van der Waals surface area contributed by atoms with Gasteiger partial charge in [-0.15, -0.1) is 0 Å². The fraction of sp³-hybridized carbons (Fsp3) is 0.300. The van der Waals surface area contributed by atoms with E-state index >= 15 is 0 Å². The lowest BCUT2D eigenvalue weighted by atomic mass is 10.3. The topological polar surface area (TPSA) is 108 Å². The van der Waals surface area contributed by atoms with Gasteiger partial charge in [0.1, 0.15) is 23.7 Å². The number of H-pyrrole nitrogens is 1. The second kappa shape index (κ2) is 5.71. The summed E-state index contributed by atoms with van der Waals surface area (Å²) in [6.45, 7) is 0.462. The molecule has 2 heterocycles. The molecule has 0 bridgehead atoms. The van der Waals surface area contributed by atoms with Gasteiger partial charge >= 0.3 is 0 Å². The molecule has 0 saturated carbocycles. The summed E-state index contributed by atoms with van der Waals surface area (Å²) in [6, 6.07) is 0. The molecule has 0 spiro atoms. The second-order valence-electron chi connectivity index (χ2n) is 3.47. The van der Waals surface area contributed by atoms with Crippen molar-refractivity contribution in [3.8, 4) is 0 Å². The lowest BCUT2D eigenvalue weighted by Gasteiger charge is -2.03. The van der Waals surface area contributed by atoms with E-state index in [2.05, 4.69) is 35.8 Å². The third-order valence-electron chi connectivity index (χ3n) is 2.25. The molecule has 0 unspecified atom stereocenters. The standard InChI is InChI=1S/C10H13N7O/c1-11-9-5-13-7(4-14-9)10(18)12-3-2-8-15-6-16-17-8/h4-6H,2-3H2,1H3,(H,11,14)(H,12,18)(H,15,16,17). The Morgan fingerprint density at radius 3 is 2.83 bits per heavy atom. The molecule has 2 rings (SSSR count). The molecule has 0 aliphatic carbocycles. The Labute approximate surface area is 103 Å². The number of aromatic amines is 1. The van der Waals surface area contributed by atoms with Gasteiger partial charge in [0.2, 0.25) is 0 Å². The number of nitrogens with one attached hydrogen (secondary N) is 3. The summed E-state index contributed by atoms with van der Waals surface area (Å²) in [5.41, 5.74) is 0.284. The molecular weight excluding hydrogens is 234 g/mol. The predicted molar refractivity (Wildman–Crippen MR) is 64.0 cm³/mol. The molecule has 18 heavy (non-hydrogen) atoms. The van der Waals surface area contributed by atoms with E-state index in [1.54, 1.807) is 7.05 Å². The Bertz CT molecular complexity index is 493. The van der Waals surface area contributed by atoms with Crippen LogP contribution in [0.5, 0.6) is 0 Å². The second-order valence-corrected chi connectivity index (χ2v) is 3.47. The Kier molecular flexibility index (Phi) is 3.79. The molecule has 0 radical (unpaired) electrons. The first-order chi connectivity index (χ1) is 8.79. The summed E-state index contributed by atoms with van der Waals surface area (Å²) in [6.07, 6.45) is 4.95. The summed E-state index contributed by atoms with van der Waals surface area (Å²) in [4.78, 5) is 23.7. The molecule has 8 heteroatoms. The highest BCUT2D eigenvalue weighted by Crippen LogP contribution is 1.99. The number of carbonyl (C=O) groups is 1. The molecule has 3 N–H and O–H groups in total. The fourth-order valence-corrected chi connectivity index (χ4v) is 1.31. The zero-order chi connectivity index (χ0) is 12.8. The van der Waals surface area contributed by atoms with E-state index in [9.17, 15) is 4.79 Å². The van der Waals surface area contributed by atoms with Crippen molar-refractivity contribution in [2.45, 2.75) is 6.42 Å². The molecule has 0 fully saturated rings. The normalized spacial score (nSPS) is 10.1. The number of aromatic nitrogens is 5.